The topological polar surface area (TPSA) is 38.9 Å². The lowest BCUT2D eigenvalue weighted by Gasteiger charge is -2.36. The maximum atomic E-state index is 6.52. The van der Waals surface area contributed by atoms with Crippen LogP contribution in [-0.4, -0.2) is 4.98 Å². The maximum absolute atomic E-state index is 6.52. The van der Waals surface area contributed by atoms with E-state index in [1.54, 1.807) is 11.3 Å². The summed E-state index contributed by atoms with van der Waals surface area (Å²) in [7, 11) is 0. The Morgan fingerprint density at radius 2 is 2.14 bits per heavy atom. The van der Waals surface area contributed by atoms with Crippen molar-refractivity contribution in [3.8, 4) is 0 Å². The third kappa shape index (κ3) is 1.30. The number of aromatic nitrogens is 1. The van der Waals surface area contributed by atoms with E-state index in [0.29, 0.717) is 0 Å². The lowest BCUT2D eigenvalue weighted by Crippen LogP contribution is -2.45. The Morgan fingerprint density at radius 3 is 2.57 bits per heavy atom. The van der Waals surface area contributed by atoms with Crippen molar-refractivity contribution in [2.24, 2.45) is 11.1 Å². The first-order chi connectivity index (χ1) is 6.46. The molecule has 1 aromatic heterocycles. The van der Waals surface area contributed by atoms with Gasteiger partial charge in [0.15, 0.2) is 0 Å². The van der Waals surface area contributed by atoms with Crippen LogP contribution in [0.3, 0.4) is 0 Å². The molecule has 0 bridgehead atoms. The molecule has 2 rings (SSSR count). The van der Waals surface area contributed by atoms with E-state index in [1.165, 1.54) is 12.8 Å². The van der Waals surface area contributed by atoms with Gasteiger partial charge in [-0.05, 0) is 25.2 Å². The molecule has 78 valence electrons. The summed E-state index contributed by atoms with van der Waals surface area (Å²) >= 11 is 1.71. The highest BCUT2D eigenvalue weighted by atomic mass is 32.1. The lowest BCUT2D eigenvalue weighted by molar-refractivity contribution is 0.209. The quantitative estimate of drug-likeness (QED) is 0.774. The van der Waals surface area contributed by atoms with E-state index in [0.717, 1.165) is 17.1 Å². The fourth-order valence-electron chi connectivity index (χ4n) is 2.33. The standard InChI is InChI=1S/C11H18N2S/c1-8-7-14-9(13-8)11(12)6-4-5-10(11,2)3/h7H,4-6,12H2,1-3H3. The molecule has 1 saturated carbocycles. The highest BCUT2D eigenvalue weighted by molar-refractivity contribution is 7.09. The van der Waals surface area contributed by atoms with E-state index in [4.69, 9.17) is 5.73 Å². The predicted molar refractivity (Wildman–Crippen MR) is 60.3 cm³/mol. The molecule has 1 aliphatic carbocycles. The monoisotopic (exact) mass is 210 g/mol. The molecule has 0 spiro atoms. The normalized spacial score (nSPS) is 30.9. The van der Waals surface area contributed by atoms with Crippen molar-refractivity contribution in [1.82, 2.24) is 4.98 Å². The second-order valence-electron chi connectivity index (χ2n) is 5.00. The van der Waals surface area contributed by atoms with Crippen LogP contribution in [0.1, 0.15) is 43.8 Å². The number of hydrogen-bond donors (Lipinski definition) is 1. The Labute approximate surface area is 89.5 Å². The summed E-state index contributed by atoms with van der Waals surface area (Å²) in [6.45, 7) is 6.55. The third-order valence-corrected chi connectivity index (χ3v) is 4.72. The second kappa shape index (κ2) is 3.04. The fraction of sp³-hybridized carbons (Fsp3) is 0.727. The van der Waals surface area contributed by atoms with Crippen LogP contribution in [0, 0.1) is 12.3 Å². The van der Waals surface area contributed by atoms with Crippen molar-refractivity contribution < 1.29 is 0 Å². The predicted octanol–water partition coefficient (Wildman–Crippen LogP) is 2.82. The molecule has 3 heteroatoms. The Kier molecular flexibility index (Phi) is 2.20. The lowest BCUT2D eigenvalue weighted by atomic mass is 9.76. The summed E-state index contributed by atoms with van der Waals surface area (Å²) in [6, 6.07) is 0. The van der Waals surface area contributed by atoms with E-state index in [9.17, 15) is 0 Å². The van der Waals surface area contributed by atoms with Crippen LogP contribution in [-0.2, 0) is 5.54 Å². The molecule has 2 N–H and O–H groups in total. The van der Waals surface area contributed by atoms with Gasteiger partial charge >= 0.3 is 0 Å². The molecule has 14 heavy (non-hydrogen) atoms. The van der Waals surface area contributed by atoms with Crippen molar-refractivity contribution in [3.05, 3.63) is 16.1 Å². The molecular formula is C11H18N2S. The molecule has 0 aliphatic heterocycles. The summed E-state index contributed by atoms with van der Waals surface area (Å²) in [4.78, 5) is 4.55. The van der Waals surface area contributed by atoms with E-state index in [1.807, 2.05) is 6.92 Å². The largest absolute Gasteiger partial charge is 0.319 e. The summed E-state index contributed by atoms with van der Waals surface area (Å²) in [6.07, 6.45) is 3.51. The van der Waals surface area contributed by atoms with Crippen molar-refractivity contribution in [2.75, 3.05) is 0 Å². The molecular weight excluding hydrogens is 192 g/mol. The average Bonchev–Trinajstić information content (AvgIpc) is 2.60. The first-order valence-electron chi connectivity index (χ1n) is 5.17. The molecule has 0 amide bonds. The van der Waals surface area contributed by atoms with Gasteiger partial charge in [0.05, 0.1) is 5.54 Å². The maximum Gasteiger partial charge on any atom is 0.113 e. The molecule has 0 aromatic carbocycles. The first kappa shape index (κ1) is 10.1. The average molecular weight is 210 g/mol. The number of hydrogen-bond acceptors (Lipinski definition) is 3. The van der Waals surface area contributed by atoms with Crippen LogP contribution in [0.15, 0.2) is 5.38 Å². The summed E-state index contributed by atoms with van der Waals surface area (Å²) in [5, 5.41) is 3.22. The zero-order chi connectivity index (χ0) is 10.4. The van der Waals surface area contributed by atoms with Crippen LogP contribution in [0.2, 0.25) is 0 Å². The van der Waals surface area contributed by atoms with E-state index in [2.05, 4.69) is 24.2 Å². The van der Waals surface area contributed by atoms with Crippen LogP contribution < -0.4 is 5.73 Å². The van der Waals surface area contributed by atoms with E-state index >= 15 is 0 Å². The van der Waals surface area contributed by atoms with Crippen LogP contribution in [0.25, 0.3) is 0 Å². The van der Waals surface area contributed by atoms with Crippen molar-refractivity contribution in [1.29, 1.82) is 0 Å². The van der Waals surface area contributed by atoms with Gasteiger partial charge < -0.3 is 5.73 Å². The number of rotatable bonds is 1. The number of nitrogens with two attached hydrogens (primary N) is 1. The van der Waals surface area contributed by atoms with Gasteiger partial charge in [-0.1, -0.05) is 20.3 Å². The Morgan fingerprint density at radius 1 is 1.43 bits per heavy atom. The molecule has 2 nitrogen and oxygen atoms in total. The zero-order valence-corrected chi connectivity index (χ0v) is 9.95. The summed E-state index contributed by atoms with van der Waals surface area (Å²) in [5.41, 5.74) is 7.62. The minimum Gasteiger partial charge on any atom is -0.319 e. The Bertz CT molecular complexity index is 343. The third-order valence-electron chi connectivity index (χ3n) is 3.58. The minimum absolute atomic E-state index is 0.189. The van der Waals surface area contributed by atoms with Crippen molar-refractivity contribution in [3.63, 3.8) is 0 Å². The van der Waals surface area contributed by atoms with Crippen LogP contribution >= 0.6 is 11.3 Å². The Hall–Kier alpha value is -0.410. The molecule has 1 unspecified atom stereocenters. The molecule has 1 heterocycles. The number of aryl methyl sites for hydroxylation is 1. The van der Waals surface area contributed by atoms with Gasteiger partial charge in [0, 0.05) is 11.1 Å². The summed E-state index contributed by atoms with van der Waals surface area (Å²) < 4.78 is 0. The van der Waals surface area contributed by atoms with Crippen LogP contribution in [0.4, 0.5) is 0 Å². The van der Waals surface area contributed by atoms with Crippen molar-refractivity contribution in [2.45, 2.75) is 45.6 Å². The highest BCUT2D eigenvalue weighted by Crippen LogP contribution is 2.50. The van der Waals surface area contributed by atoms with Gasteiger partial charge in [-0.3, -0.25) is 0 Å². The Balaban J connectivity index is 2.41. The molecule has 1 aromatic rings. The molecule has 1 aliphatic rings. The first-order valence-corrected chi connectivity index (χ1v) is 6.05. The number of thiazole rings is 1. The highest BCUT2D eigenvalue weighted by Gasteiger charge is 2.48. The molecule has 0 saturated heterocycles. The van der Waals surface area contributed by atoms with Gasteiger partial charge in [-0.2, -0.15) is 0 Å². The molecule has 0 radical (unpaired) electrons. The van der Waals surface area contributed by atoms with Crippen LogP contribution in [0.5, 0.6) is 0 Å². The zero-order valence-electron chi connectivity index (χ0n) is 9.13. The SMILES string of the molecule is Cc1csc(C2(N)CCCC2(C)C)n1. The summed E-state index contributed by atoms with van der Waals surface area (Å²) in [5.74, 6) is 0. The van der Waals surface area contributed by atoms with E-state index in [-0.39, 0.29) is 11.0 Å². The fourth-order valence-corrected chi connectivity index (χ4v) is 3.45. The van der Waals surface area contributed by atoms with E-state index < -0.39 is 0 Å². The smallest absolute Gasteiger partial charge is 0.113 e. The molecule has 1 fully saturated rings. The van der Waals surface area contributed by atoms with Gasteiger partial charge in [0.25, 0.3) is 0 Å². The second-order valence-corrected chi connectivity index (χ2v) is 5.86. The van der Waals surface area contributed by atoms with Crippen molar-refractivity contribution >= 4 is 11.3 Å². The number of nitrogens with zero attached hydrogens (tertiary/aromatic N) is 1. The van der Waals surface area contributed by atoms with Gasteiger partial charge in [0.2, 0.25) is 0 Å². The van der Waals surface area contributed by atoms with Gasteiger partial charge in [0.1, 0.15) is 5.01 Å². The molecule has 1 atom stereocenters. The van der Waals surface area contributed by atoms with Gasteiger partial charge in [-0.25, -0.2) is 4.98 Å². The minimum atomic E-state index is -0.189. The van der Waals surface area contributed by atoms with Gasteiger partial charge in [-0.15, -0.1) is 11.3 Å².